The highest BCUT2D eigenvalue weighted by molar-refractivity contribution is 7.93. The van der Waals surface area contributed by atoms with E-state index in [2.05, 4.69) is 0 Å². The lowest BCUT2D eigenvalue weighted by Crippen LogP contribution is -2.30. The van der Waals surface area contributed by atoms with Crippen molar-refractivity contribution in [1.82, 2.24) is 0 Å². The van der Waals surface area contributed by atoms with Gasteiger partial charge in [0, 0.05) is 5.69 Å². The van der Waals surface area contributed by atoms with Crippen molar-refractivity contribution >= 4 is 33.3 Å². The summed E-state index contributed by atoms with van der Waals surface area (Å²) in [5.74, 6) is -3.20. The van der Waals surface area contributed by atoms with Crippen molar-refractivity contribution in [2.24, 2.45) is 0 Å². The first-order valence-electron chi connectivity index (χ1n) is 5.60. The molecule has 0 aliphatic rings. The summed E-state index contributed by atoms with van der Waals surface area (Å²) in [4.78, 5) is 21.5. The minimum Gasteiger partial charge on any atom is -0.474 e. The van der Waals surface area contributed by atoms with Gasteiger partial charge in [-0.25, -0.2) is 4.79 Å². The lowest BCUT2D eigenvalue weighted by Gasteiger charge is -2.15. The van der Waals surface area contributed by atoms with Gasteiger partial charge in [-0.1, -0.05) is 6.07 Å². The fraction of sp³-hybridized carbons (Fsp3) is 0.273. The van der Waals surface area contributed by atoms with E-state index in [1.54, 1.807) is 0 Å². The van der Waals surface area contributed by atoms with Crippen LogP contribution in [0.1, 0.15) is 11.1 Å². The number of carbonyl (C=O) groups excluding carboxylic acids is 1. The quantitative estimate of drug-likeness (QED) is 0.723. The molecule has 0 radical (unpaired) electrons. The first kappa shape index (κ1) is 17.8. The molecule has 0 spiro atoms. The Labute approximate surface area is 123 Å². The van der Waals surface area contributed by atoms with E-state index < -0.39 is 33.1 Å². The summed E-state index contributed by atoms with van der Waals surface area (Å²) in [6.45, 7) is 2.82. The highest BCUT2D eigenvalue weighted by Gasteiger charge is 2.46. The van der Waals surface area contributed by atoms with Crippen LogP contribution in [0.5, 0.6) is 0 Å². The van der Waals surface area contributed by atoms with Crippen LogP contribution in [-0.2, 0) is 19.6 Å². The topological polar surface area (TPSA) is 113 Å². The van der Waals surface area contributed by atoms with Crippen LogP contribution in [0.3, 0.4) is 0 Å². The Balaban J connectivity index is 3.23. The summed E-state index contributed by atoms with van der Waals surface area (Å²) in [6.07, 6.45) is 0. The van der Waals surface area contributed by atoms with Gasteiger partial charge in [0.2, 0.25) is 0 Å². The van der Waals surface area contributed by atoms with Crippen molar-refractivity contribution < 1.29 is 36.3 Å². The highest BCUT2D eigenvalue weighted by Crippen LogP contribution is 2.30. The first-order chi connectivity index (χ1) is 9.85. The third-order valence-electron chi connectivity index (χ3n) is 2.56. The second-order valence-electron chi connectivity index (χ2n) is 4.29. The minimum atomic E-state index is -5.63. The standard InChI is InChI=1S/C11H11F3N2O5S/c1-5-3-6(2)8(16-22(20,21)11(12,13)14)4-7(5)15-9(17)10(18)19/h3-4,16H,1-2H3,(H,15,17)(H,18,19). The molecule has 0 aliphatic heterocycles. The molecule has 0 saturated heterocycles. The van der Waals surface area contributed by atoms with E-state index in [4.69, 9.17) is 5.11 Å². The van der Waals surface area contributed by atoms with Crippen LogP contribution in [0.4, 0.5) is 24.5 Å². The van der Waals surface area contributed by atoms with Gasteiger partial charge >= 0.3 is 27.4 Å². The number of hydrogen-bond acceptors (Lipinski definition) is 4. The summed E-state index contributed by atoms with van der Waals surface area (Å²) in [5.41, 5.74) is -5.54. The number of nitrogens with one attached hydrogen (secondary N) is 2. The zero-order valence-corrected chi connectivity index (χ0v) is 12.1. The number of aryl methyl sites for hydroxylation is 2. The molecule has 122 valence electrons. The lowest BCUT2D eigenvalue weighted by atomic mass is 10.1. The van der Waals surface area contributed by atoms with Gasteiger partial charge in [0.25, 0.3) is 0 Å². The SMILES string of the molecule is Cc1cc(C)c(NS(=O)(=O)C(F)(F)F)cc1NC(=O)C(=O)O. The highest BCUT2D eigenvalue weighted by atomic mass is 32.2. The molecule has 1 rings (SSSR count). The number of carboxylic acids is 1. The molecular formula is C11H11F3N2O5S. The Morgan fingerprint density at radius 2 is 1.59 bits per heavy atom. The molecule has 1 amide bonds. The summed E-state index contributed by atoms with van der Waals surface area (Å²) < 4.78 is 60.6. The fourth-order valence-corrected chi connectivity index (χ4v) is 2.10. The molecule has 11 heteroatoms. The monoisotopic (exact) mass is 340 g/mol. The molecule has 3 N–H and O–H groups in total. The van der Waals surface area contributed by atoms with Crippen molar-refractivity contribution in [1.29, 1.82) is 0 Å². The van der Waals surface area contributed by atoms with E-state index in [9.17, 15) is 31.2 Å². The molecule has 0 aliphatic carbocycles. The Morgan fingerprint density at radius 1 is 1.09 bits per heavy atom. The molecule has 0 aromatic heterocycles. The number of halogens is 3. The normalized spacial score (nSPS) is 11.9. The van der Waals surface area contributed by atoms with Crippen LogP contribution in [0, 0.1) is 13.8 Å². The van der Waals surface area contributed by atoms with Gasteiger partial charge < -0.3 is 10.4 Å². The summed E-state index contributed by atoms with van der Waals surface area (Å²) in [7, 11) is -5.63. The maximum Gasteiger partial charge on any atom is 0.516 e. The number of sulfonamides is 1. The largest absolute Gasteiger partial charge is 0.516 e. The maximum atomic E-state index is 12.3. The lowest BCUT2D eigenvalue weighted by molar-refractivity contribution is -0.147. The number of aliphatic carboxylic acids is 1. The predicted octanol–water partition coefficient (Wildman–Crippen LogP) is 1.59. The number of amides is 1. The van der Waals surface area contributed by atoms with E-state index >= 15 is 0 Å². The number of rotatable bonds is 3. The molecule has 0 saturated carbocycles. The molecule has 0 bridgehead atoms. The van der Waals surface area contributed by atoms with Crippen LogP contribution >= 0.6 is 0 Å². The first-order valence-corrected chi connectivity index (χ1v) is 7.08. The minimum absolute atomic E-state index is 0.127. The molecule has 22 heavy (non-hydrogen) atoms. The number of hydrogen-bond donors (Lipinski definition) is 3. The summed E-state index contributed by atoms with van der Waals surface area (Å²) >= 11 is 0. The number of benzene rings is 1. The molecule has 1 aromatic carbocycles. The van der Waals surface area contributed by atoms with Crippen LogP contribution in [0.15, 0.2) is 12.1 Å². The summed E-state index contributed by atoms with van der Waals surface area (Å²) in [6, 6.07) is 2.21. The van der Waals surface area contributed by atoms with Gasteiger partial charge in [-0.15, -0.1) is 0 Å². The number of carboxylic acid groups (broad SMARTS) is 1. The number of carbonyl (C=O) groups is 2. The maximum absolute atomic E-state index is 12.3. The van der Waals surface area contributed by atoms with Crippen molar-refractivity contribution in [2.75, 3.05) is 10.0 Å². The molecule has 7 nitrogen and oxygen atoms in total. The Kier molecular flexibility index (Phi) is 4.70. The van der Waals surface area contributed by atoms with E-state index in [0.29, 0.717) is 5.56 Å². The Bertz CT molecular complexity index is 728. The van der Waals surface area contributed by atoms with Gasteiger partial charge in [-0.3, -0.25) is 9.52 Å². The zero-order chi connectivity index (χ0) is 17.3. The Hall–Kier alpha value is -2.30. The van der Waals surface area contributed by atoms with Crippen LogP contribution in [0.2, 0.25) is 0 Å². The van der Waals surface area contributed by atoms with Crippen LogP contribution in [-0.4, -0.2) is 30.9 Å². The molecule has 1 aromatic rings. The Morgan fingerprint density at radius 3 is 2.05 bits per heavy atom. The zero-order valence-electron chi connectivity index (χ0n) is 11.3. The third-order valence-corrected chi connectivity index (χ3v) is 3.66. The molecular weight excluding hydrogens is 329 g/mol. The second kappa shape index (κ2) is 5.83. The average molecular weight is 340 g/mol. The van der Waals surface area contributed by atoms with Crippen molar-refractivity contribution in [3.63, 3.8) is 0 Å². The molecule has 0 fully saturated rings. The number of alkyl halides is 3. The average Bonchev–Trinajstić information content (AvgIpc) is 2.33. The smallest absolute Gasteiger partial charge is 0.474 e. The molecule has 0 heterocycles. The van der Waals surface area contributed by atoms with Crippen molar-refractivity contribution in [3.05, 3.63) is 23.3 Å². The van der Waals surface area contributed by atoms with Gasteiger partial charge in [-0.05, 0) is 31.0 Å². The molecule has 0 unspecified atom stereocenters. The molecule has 0 atom stereocenters. The van der Waals surface area contributed by atoms with Gasteiger partial charge in [0.15, 0.2) is 0 Å². The number of anilines is 2. The van der Waals surface area contributed by atoms with E-state index in [1.165, 1.54) is 24.6 Å². The van der Waals surface area contributed by atoms with Crippen LogP contribution < -0.4 is 10.0 Å². The second-order valence-corrected chi connectivity index (χ2v) is 5.97. The van der Waals surface area contributed by atoms with E-state index in [0.717, 1.165) is 6.07 Å². The fourth-order valence-electron chi connectivity index (χ4n) is 1.48. The predicted molar refractivity (Wildman–Crippen MR) is 70.8 cm³/mol. The van der Waals surface area contributed by atoms with E-state index in [1.807, 2.05) is 5.32 Å². The summed E-state index contributed by atoms with van der Waals surface area (Å²) in [5, 5.41) is 10.4. The van der Waals surface area contributed by atoms with Crippen molar-refractivity contribution in [3.8, 4) is 0 Å². The third kappa shape index (κ3) is 3.87. The van der Waals surface area contributed by atoms with Crippen molar-refractivity contribution in [2.45, 2.75) is 19.4 Å². The van der Waals surface area contributed by atoms with Gasteiger partial charge in [0.05, 0.1) is 5.69 Å². The van der Waals surface area contributed by atoms with Gasteiger partial charge in [0.1, 0.15) is 0 Å². The van der Waals surface area contributed by atoms with E-state index in [-0.39, 0.29) is 11.3 Å². The van der Waals surface area contributed by atoms with Gasteiger partial charge in [-0.2, -0.15) is 21.6 Å². The van der Waals surface area contributed by atoms with Crippen LogP contribution in [0.25, 0.3) is 0 Å².